The highest BCUT2D eigenvalue weighted by Crippen LogP contribution is 2.45. The molecule has 1 fully saturated rings. The lowest BCUT2D eigenvalue weighted by atomic mass is 9.93. The fourth-order valence-electron chi connectivity index (χ4n) is 4.69. The molecule has 0 saturated carbocycles. The number of nitrogens with zero attached hydrogens (tertiary/aromatic N) is 3. The molecule has 2 aliphatic heterocycles. The molecule has 1 N–H and O–H groups in total. The van der Waals surface area contributed by atoms with Gasteiger partial charge < -0.3 is 15.0 Å². The molecule has 0 radical (unpaired) electrons. The van der Waals surface area contributed by atoms with E-state index in [2.05, 4.69) is 5.32 Å². The maximum atomic E-state index is 14.5. The first kappa shape index (κ1) is 24.7. The van der Waals surface area contributed by atoms with Crippen molar-refractivity contribution in [3.63, 3.8) is 0 Å². The van der Waals surface area contributed by atoms with Crippen LogP contribution in [-0.4, -0.2) is 54.3 Å². The lowest BCUT2D eigenvalue weighted by molar-refractivity contribution is -0.123. The van der Waals surface area contributed by atoms with Gasteiger partial charge in [0, 0.05) is 18.1 Å². The first-order chi connectivity index (χ1) is 17.9. The van der Waals surface area contributed by atoms with Crippen molar-refractivity contribution in [2.24, 2.45) is 4.99 Å². The molecule has 0 aliphatic carbocycles. The van der Waals surface area contributed by atoms with E-state index in [1.165, 1.54) is 47.2 Å². The number of hydrogen-bond acceptors (Lipinski definition) is 4. The van der Waals surface area contributed by atoms with Gasteiger partial charge in [0.1, 0.15) is 35.8 Å². The molecule has 7 nitrogen and oxygen atoms in total. The Balaban J connectivity index is 1.71. The molecule has 37 heavy (non-hydrogen) atoms. The Kier molecular flexibility index (Phi) is 6.80. The van der Waals surface area contributed by atoms with E-state index >= 15 is 0 Å². The van der Waals surface area contributed by atoms with Crippen molar-refractivity contribution in [3.8, 4) is 5.75 Å². The average Bonchev–Trinajstić information content (AvgIpc) is 3.29. The number of hydrogen-bond donors (Lipinski definition) is 1. The predicted molar refractivity (Wildman–Crippen MR) is 135 cm³/mol. The molecule has 2 unspecified atom stereocenters. The Morgan fingerprint density at radius 2 is 1.81 bits per heavy atom. The Labute approximate surface area is 217 Å². The average molecular weight is 525 g/mol. The van der Waals surface area contributed by atoms with Crippen molar-refractivity contribution in [2.75, 3.05) is 26.7 Å². The summed E-state index contributed by atoms with van der Waals surface area (Å²) in [5.74, 6) is -0.850. The minimum atomic E-state index is -0.794. The van der Waals surface area contributed by atoms with Crippen LogP contribution in [0.5, 0.6) is 5.75 Å². The summed E-state index contributed by atoms with van der Waals surface area (Å²) in [6, 6.07) is 14.9. The van der Waals surface area contributed by atoms with E-state index in [-0.39, 0.29) is 30.4 Å². The normalized spacial score (nSPS) is 19.5. The summed E-state index contributed by atoms with van der Waals surface area (Å²) in [5, 5.41) is 3.22. The third-order valence-electron chi connectivity index (χ3n) is 6.39. The number of amidine groups is 1. The molecule has 0 bridgehead atoms. The number of carbonyl (C=O) groups excluding carboxylic acids is 2. The smallest absolute Gasteiger partial charge is 0.326 e. The molecule has 0 spiro atoms. The fourth-order valence-corrected chi connectivity index (χ4v) is 4.82. The molecular weight excluding hydrogens is 502 g/mol. The molecule has 0 aromatic heterocycles. The van der Waals surface area contributed by atoms with E-state index in [4.69, 9.17) is 21.3 Å². The molecule has 190 valence electrons. The Morgan fingerprint density at radius 1 is 1.05 bits per heavy atom. The van der Waals surface area contributed by atoms with Crippen LogP contribution in [0, 0.1) is 11.6 Å². The molecule has 3 aromatic rings. The largest absolute Gasteiger partial charge is 0.496 e. The summed E-state index contributed by atoms with van der Waals surface area (Å²) in [7, 11) is 1.44. The molecule has 3 amide bonds. The molecule has 2 atom stereocenters. The summed E-state index contributed by atoms with van der Waals surface area (Å²) in [6.07, 6.45) is 0. The van der Waals surface area contributed by atoms with Crippen molar-refractivity contribution < 1.29 is 23.1 Å². The number of nitrogens with one attached hydrogen (secondary N) is 1. The molecular formula is C27H23ClF2N4O3. The Bertz CT molecular complexity index is 1380. The van der Waals surface area contributed by atoms with Crippen molar-refractivity contribution >= 4 is 29.4 Å². The highest BCUT2D eigenvalue weighted by atomic mass is 35.5. The van der Waals surface area contributed by atoms with E-state index in [0.29, 0.717) is 22.9 Å². The van der Waals surface area contributed by atoms with Crippen LogP contribution < -0.4 is 10.1 Å². The second-order valence-corrected chi connectivity index (χ2v) is 9.15. The number of urea groups is 1. The highest BCUT2D eigenvalue weighted by Gasteiger charge is 2.45. The molecule has 3 aromatic carbocycles. The number of rotatable bonds is 4. The number of benzene rings is 3. The standard InChI is InChI=1S/C27H23ClF2N4O3/c1-37-22-10-9-20(30)14-21(22)26-32-24(16-5-7-18(28)8-6-16)25(17-3-2-4-19(29)13-17)34(26)27(36)33-12-11-31-23(35)15-33/h2-10,13-14,24-25H,11-12,15H2,1H3,(H,31,35). The van der Waals surface area contributed by atoms with Crippen molar-refractivity contribution in [3.05, 3.63) is 100 Å². The summed E-state index contributed by atoms with van der Waals surface area (Å²) in [6.45, 7) is 0.417. The van der Waals surface area contributed by atoms with Gasteiger partial charge in [-0.2, -0.15) is 0 Å². The van der Waals surface area contributed by atoms with Crippen molar-refractivity contribution in [2.45, 2.75) is 12.1 Å². The first-order valence-corrected chi connectivity index (χ1v) is 12.0. The number of methoxy groups -OCH3 is 1. The second kappa shape index (κ2) is 10.2. The zero-order valence-corrected chi connectivity index (χ0v) is 20.6. The van der Waals surface area contributed by atoms with Gasteiger partial charge in [0.25, 0.3) is 0 Å². The van der Waals surface area contributed by atoms with Gasteiger partial charge in [-0.05, 0) is 53.6 Å². The number of piperazine rings is 1. The number of aliphatic imine (C=N–C) groups is 1. The number of halogens is 3. The monoisotopic (exact) mass is 524 g/mol. The molecule has 5 rings (SSSR count). The van der Waals surface area contributed by atoms with E-state index in [9.17, 15) is 18.4 Å². The van der Waals surface area contributed by atoms with E-state index in [1.54, 1.807) is 36.4 Å². The summed E-state index contributed by atoms with van der Waals surface area (Å²) >= 11 is 6.12. The van der Waals surface area contributed by atoms with Crippen LogP contribution in [0.3, 0.4) is 0 Å². The van der Waals surface area contributed by atoms with Crippen LogP contribution in [0.15, 0.2) is 71.7 Å². The zero-order valence-electron chi connectivity index (χ0n) is 19.8. The van der Waals surface area contributed by atoms with Gasteiger partial charge in [0.05, 0.1) is 18.7 Å². The Hall–Kier alpha value is -3.98. The fraction of sp³-hybridized carbons (Fsp3) is 0.222. The zero-order chi connectivity index (χ0) is 26.1. The van der Waals surface area contributed by atoms with Crippen LogP contribution in [-0.2, 0) is 4.79 Å². The summed E-state index contributed by atoms with van der Waals surface area (Å²) < 4.78 is 34.4. The number of carbonyl (C=O) groups is 2. The van der Waals surface area contributed by atoms with Crippen LogP contribution in [0.4, 0.5) is 13.6 Å². The van der Waals surface area contributed by atoms with E-state index < -0.39 is 29.7 Å². The van der Waals surface area contributed by atoms with Gasteiger partial charge in [-0.25, -0.2) is 13.6 Å². The van der Waals surface area contributed by atoms with Crippen LogP contribution in [0.25, 0.3) is 0 Å². The molecule has 2 heterocycles. The molecule has 10 heteroatoms. The van der Waals surface area contributed by atoms with Crippen LogP contribution >= 0.6 is 11.6 Å². The van der Waals surface area contributed by atoms with E-state index in [1.807, 2.05) is 0 Å². The van der Waals surface area contributed by atoms with Crippen LogP contribution in [0.1, 0.15) is 28.8 Å². The number of ether oxygens (including phenoxy) is 1. The lowest BCUT2D eigenvalue weighted by Crippen LogP contribution is -2.55. The maximum Gasteiger partial charge on any atom is 0.326 e. The third-order valence-corrected chi connectivity index (χ3v) is 6.64. The first-order valence-electron chi connectivity index (χ1n) is 11.6. The minimum absolute atomic E-state index is 0.148. The Morgan fingerprint density at radius 3 is 2.51 bits per heavy atom. The summed E-state index contributed by atoms with van der Waals surface area (Å²) in [5.41, 5.74) is 1.47. The lowest BCUT2D eigenvalue weighted by Gasteiger charge is -2.35. The third kappa shape index (κ3) is 4.86. The van der Waals surface area contributed by atoms with Gasteiger partial charge in [0.15, 0.2) is 0 Å². The molecule has 2 aliphatic rings. The highest BCUT2D eigenvalue weighted by molar-refractivity contribution is 6.30. The maximum absolute atomic E-state index is 14.5. The summed E-state index contributed by atoms with van der Waals surface area (Å²) in [4.78, 5) is 33.9. The van der Waals surface area contributed by atoms with Gasteiger partial charge in [-0.1, -0.05) is 35.9 Å². The predicted octanol–water partition coefficient (Wildman–Crippen LogP) is 4.72. The second-order valence-electron chi connectivity index (χ2n) is 8.72. The quantitative estimate of drug-likeness (QED) is 0.536. The topological polar surface area (TPSA) is 74.2 Å². The van der Waals surface area contributed by atoms with E-state index in [0.717, 1.165) is 5.56 Å². The minimum Gasteiger partial charge on any atom is -0.496 e. The van der Waals surface area contributed by atoms with Crippen molar-refractivity contribution in [1.29, 1.82) is 0 Å². The van der Waals surface area contributed by atoms with Crippen molar-refractivity contribution in [1.82, 2.24) is 15.1 Å². The van der Waals surface area contributed by atoms with Gasteiger partial charge in [-0.3, -0.25) is 14.7 Å². The van der Waals surface area contributed by atoms with Gasteiger partial charge >= 0.3 is 6.03 Å². The van der Waals surface area contributed by atoms with Gasteiger partial charge in [-0.15, -0.1) is 0 Å². The SMILES string of the molecule is COc1ccc(F)cc1C1=NC(c2ccc(Cl)cc2)C(c2cccc(F)c2)N1C(=O)N1CCNC(=O)C1. The van der Waals surface area contributed by atoms with Crippen LogP contribution in [0.2, 0.25) is 5.02 Å². The number of amides is 3. The van der Waals surface area contributed by atoms with Gasteiger partial charge in [0.2, 0.25) is 5.91 Å². The molecule has 1 saturated heterocycles.